The quantitative estimate of drug-likeness (QED) is 0.864. The lowest BCUT2D eigenvalue weighted by molar-refractivity contribution is -0.156. The molecular formula is C10H10Cl2O3. The first-order valence-electron chi connectivity index (χ1n) is 4.23. The Balaban J connectivity index is 3.00. The van der Waals surface area contributed by atoms with E-state index in [1.54, 1.807) is 18.2 Å². The molecule has 0 saturated heterocycles. The average Bonchev–Trinajstić information content (AvgIpc) is 2.12. The number of hydrogen-bond acceptors (Lipinski definition) is 2. The maximum atomic E-state index is 10.7. The maximum absolute atomic E-state index is 10.7. The number of carbonyl (C=O) groups is 1. The minimum absolute atomic E-state index is 0.0816. The fourth-order valence-electron chi connectivity index (χ4n) is 1.13. The fourth-order valence-corrected chi connectivity index (χ4v) is 1.52. The SMILES string of the molecule is CC(O)(Cc1cccc(Cl)c1Cl)C(=O)O. The van der Waals surface area contributed by atoms with Crippen molar-refractivity contribution in [3.8, 4) is 0 Å². The van der Waals surface area contributed by atoms with Gasteiger partial charge in [-0.25, -0.2) is 4.79 Å². The van der Waals surface area contributed by atoms with E-state index in [2.05, 4.69) is 0 Å². The van der Waals surface area contributed by atoms with Crippen LogP contribution in [0.5, 0.6) is 0 Å². The molecule has 0 aliphatic rings. The fraction of sp³-hybridized carbons (Fsp3) is 0.300. The Morgan fingerprint density at radius 3 is 2.60 bits per heavy atom. The summed E-state index contributed by atoms with van der Waals surface area (Å²) < 4.78 is 0. The van der Waals surface area contributed by atoms with Gasteiger partial charge in [-0.15, -0.1) is 0 Å². The number of halogens is 2. The number of rotatable bonds is 3. The molecule has 0 saturated carbocycles. The molecule has 82 valence electrons. The zero-order valence-corrected chi connectivity index (χ0v) is 9.51. The van der Waals surface area contributed by atoms with Gasteiger partial charge in [-0.1, -0.05) is 35.3 Å². The Morgan fingerprint density at radius 2 is 2.07 bits per heavy atom. The summed E-state index contributed by atoms with van der Waals surface area (Å²) in [5.74, 6) is -1.29. The molecule has 1 unspecified atom stereocenters. The Labute approximate surface area is 97.2 Å². The molecular weight excluding hydrogens is 239 g/mol. The highest BCUT2D eigenvalue weighted by Crippen LogP contribution is 2.28. The number of hydrogen-bond donors (Lipinski definition) is 2. The van der Waals surface area contributed by atoms with E-state index >= 15 is 0 Å². The van der Waals surface area contributed by atoms with E-state index in [-0.39, 0.29) is 11.4 Å². The van der Waals surface area contributed by atoms with Gasteiger partial charge in [0, 0.05) is 6.42 Å². The number of aliphatic hydroxyl groups is 1. The standard InChI is InChI=1S/C10H10Cl2O3/c1-10(15,9(13)14)5-6-3-2-4-7(11)8(6)12/h2-4,15H,5H2,1H3,(H,13,14). The van der Waals surface area contributed by atoms with Crippen molar-refractivity contribution in [2.24, 2.45) is 0 Å². The third kappa shape index (κ3) is 2.84. The normalized spacial score (nSPS) is 14.7. The van der Waals surface area contributed by atoms with Gasteiger partial charge < -0.3 is 10.2 Å². The van der Waals surface area contributed by atoms with Crippen LogP contribution in [0.1, 0.15) is 12.5 Å². The zero-order valence-electron chi connectivity index (χ0n) is 8.00. The number of carboxylic acid groups (broad SMARTS) is 1. The topological polar surface area (TPSA) is 57.5 Å². The molecule has 0 heterocycles. The van der Waals surface area contributed by atoms with Crippen LogP contribution in [0.15, 0.2) is 18.2 Å². The summed E-state index contributed by atoms with van der Waals surface area (Å²) in [5, 5.41) is 18.9. The lowest BCUT2D eigenvalue weighted by Gasteiger charge is -2.18. The van der Waals surface area contributed by atoms with Crippen molar-refractivity contribution >= 4 is 29.2 Å². The van der Waals surface area contributed by atoms with Crippen LogP contribution in [0.2, 0.25) is 10.0 Å². The predicted octanol–water partition coefficient (Wildman–Crippen LogP) is 2.37. The summed E-state index contributed by atoms with van der Waals surface area (Å²) >= 11 is 11.6. The Hall–Kier alpha value is -0.770. The van der Waals surface area contributed by atoms with Crippen LogP contribution < -0.4 is 0 Å². The summed E-state index contributed by atoms with van der Waals surface area (Å²) in [6.45, 7) is 1.21. The van der Waals surface area contributed by atoms with Crippen LogP contribution in [0.25, 0.3) is 0 Å². The first kappa shape index (κ1) is 12.3. The summed E-state index contributed by atoms with van der Waals surface area (Å²) in [6, 6.07) is 4.88. The molecule has 0 aromatic heterocycles. The monoisotopic (exact) mass is 248 g/mol. The van der Waals surface area contributed by atoms with Crippen molar-refractivity contribution in [1.82, 2.24) is 0 Å². The first-order valence-corrected chi connectivity index (χ1v) is 4.99. The third-order valence-corrected chi connectivity index (χ3v) is 2.89. The van der Waals surface area contributed by atoms with Gasteiger partial charge in [0.25, 0.3) is 0 Å². The predicted molar refractivity (Wildman–Crippen MR) is 58.4 cm³/mol. The van der Waals surface area contributed by atoms with Crippen molar-refractivity contribution < 1.29 is 15.0 Å². The highest BCUT2D eigenvalue weighted by atomic mass is 35.5. The molecule has 1 aromatic rings. The smallest absolute Gasteiger partial charge is 0.335 e. The second kappa shape index (κ2) is 4.39. The zero-order chi connectivity index (χ0) is 11.6. The van der Waals surface area contributed by atoms with Gasteiger partial charge in [0.15, 0.2) is 5.60 Å². The molecule has 5 heteroatoms. The molecule has 0 bridgehead atoms. The molecule has 3 nitrogen and oxygen atoms in total. The molecule has 0 spiro atoms. The minimum atomic E-state index is -1.84. The van der Waals surface area contributed by atoms with E-state index < -0.39 is 11.6 Å². The minimum Gasteiger partial charge on any atom is -0.479 e. The van der Waals surface area contributed by atoms with E-state index in [1.807, 2.05) is 0 Å². The lowest BCUT2D eigenvalue weighted by Crippen LogP contribution is -2.37. The maximum Gasteiger partial charge on any atom is 0.335 e. The highest BCUT2D eigenvalue weighted by Gasteiger charge is 2.30. The molecule has 0 aliphatic carbocycles. The van der Waals surface area contributed by atoms with E-state index in [0.29, 0.717) is 10.6 Å². The van der Waals surface area contributed by atoms with Crippen LogP contribution in [0.4, 0.5) is 0 Å². The largest absolute Gasteiger partial charge is 0.479 e. The third-order valence-electron chi connectivity index (χ3n) is 2.03. The number of carboxylic acids is 1. The second-order valence-electron chi connectivity index (χ2n) is 3.47. The number of benzene rings is 1. The van der Waals surface area contributed by atoms with E-state index in [0.717, 1.165) is 0 Å². The molecule has 1 aromatic carbocycles. The Kier molecular flexibility index (Phi) is 3.60. The molecule has 0 fully saturated rings. The van der Waals surface area contributed by atoms with E-state index in [1.165, 1.54) is 6.92 Å². The van der Waals surface area contributed by atoms with Crippen molar-refractivity contribution in [3.05, 3.63) is 33.8 Å². The van der Waals surface area contributed by atoms with Crippen molar-refractivity contribution in [1.29, 1.82) is 0 Å². The molecule has 2 N–H and O–H groups in total. The van der Waals surface area contributed by atoms with Gasteiger partial charge >= 0.3 is 5.97 Å². The Morgan fingerprint density at radius 1 is 1.47 bits per heavy atom. The Bertz CT molecular complexity index is 388. The molecule has 15 heavy (non-hydrogen) atoms. The first-order chi connectivity index (χ1) is 6.84. The second-order valence-corrected chi connectivity index (χ2v) is 4.25. The van der Waals surface area contributed by atoms with Gasteiger partial charge in [-0.05, 0) is 18.6 Å². The van der Waals surface area contributed by atoms with E-state index in [9.17, 15) is 9.90 Å². The van der Waals surface area contributed by atoms with Crippen molar-refractivity contribution in [2.45, 2.75) is 18.9 Å². The summed E-state index contributed by atoms with van der Waals surface area (Å²) in [6.07, 6.45) is -0.0816. The van der Waals surface area contributed by atoms with Crippen LogP contribution in [0.3, 0.4) is 0 Å². The van der Waals surface area contributed by atoms with Gasteiger partial charge in [-0.3, -0.25) is 0 Å². The number of aliphatic carboxylic acids is 1. The van der Waals surface area contributed by atoms with Gasteiger partial charge in [0.05, 0.1) is 10.0 Å². The molecule has 0 radical (unpaired) electrons. The average molecular weight is 249 g/mol. The summed E-state index contributed by atoms with van der Waals surface area (Å²) in [5.41, 5.74) is -1.33. The van der Waals surface area contributed by atoms with Crippen LogP contribution in [-0.4, -0.2) is 21.8 Å². The van der Waals surface area contributed by atoms with Crippen molar-refractivity contribution in [2.75, 3.05) is 0 Å². The lowest BCUT2D eigenvalue weighted by atomic mass is 9.97. The summed E-state index contributed by atoms with van der Waals surface area (Å²) in [7, 11) is 0. The van der Waals surface area contributed by atoms with Gasteiger partial charge in [0.1, 0.15) is 0 Å². The molecule has 1 rings (SSSR count). The summed E-state index contributed by atoms with van der Waals surface area (Å²) in [4.78, 5) is 10.7. The van der Waals surface area contributed by atoms with E-state index in [4.69, 9.17) is 28.3 Å². The van der Waals surface area contributed by atoms with Crippen LogP contribution in [-0.2, 0) is 11.2 Å². The molecule has 0 amide bonds. The van der Waals surface area contributed by atoms with Gasteiger partial charge in [-0.2, -0.15) is 0 Å². The molecule has 0 aliphatic heterocycles. The van der Waals surface area contributed by atoms with Gasteiger partial charge in [0.2, 0.25) is 0 Å². The van der Waals surface area contributed by atoms with Crippen molar-refractivity contribution in [3.63, 3.8) is 0 Å². The van der Waals surface area contributed by atoms with Crippen LogP contribution in [0, 0.1) is 0 Å². The highest BCUT2D eigenvalue weighted by molar-refractivity contribution is 6.42. The molecule has 1 atom stereocenters. The van der Waals surface area contributed by atoms with Crippen LogP contribution >= 0.6 is 23.2 Å².